The molecule has 3 heterocycles. The molecule has 8 rings (SSSR count). The summed E-state index contributed by atoms with van der Waals surface area (Å²) in [5, 5.41) is 7.93. The van der Waals surface area contributed by atoms with Crippen molar-refractivity contribution in [2.24, 2.45) is 7.05 Å². The molecule has 0 saturated carbocycles. The average Bonchev–Trinajstić information content (AvgIpc) is 3.31. The van der Waals surface area contributed by atoms with Crippen molar-refractivity contribution in [2.75, 3.05) is 0 Å². The second-order valence-corrected chi connectivity index (χ2v) is 9.03. The van der Waals surface area contributed by atoms with Crippen molar-refractivity contribution >= 4 is 59.9 Å². The van der Waals surface area contributed by atoms with E-state index in [4.69, 9.17) is 0 Å². The molecular formula is C31H20N2. The van der Waals surface area contributed by atoms with Gasteiger partial charge in [-0.3, -0.25) is 0 Å². The Hall–Kier alpha value is -4.30. The number of aromatic nitrogens is 2. The fraction of sp³-hybridized carbons (Fsp3) is 0.0323. The molecule has 0 fully saturated rings. The molecule has 0 aliphatic carbocycles. The molecule has 0 atom stereocenters. The first-order valence-electron chi connectivity index (χ1n) is 11.5. The number of benzene rings is 5. The third-order valence-corrected chi connectivity index (χ3v) is 7.46. The second kappa shape index (κ2) is 5.93. The number of nitrogens with zero attached hydrogens (tertiary/aromatic N) is 2. The van der Waals surface area contributed by atoms with Gasteiger partial charge in [-0.1, -0.05) is 84.9 Å². The molecule has 0 unspecified atom stereocenters. The van der Waals surface area contributed by atoms with E-state index in [0.717, 1.165) is 0 Å². The first-order valence-corrected chi connectivity index (χ1v) is 11.5. The lowest BCUT2D eigenvalue weighted by Crippen LogP contribution is -1.91. The lowest BCUT2D eigenvalue weighted by molar-refractivity contribution is 1.01. The Morgan fingerprint density at radius 3 is 2.03 bits per heavy atom. The van der Waals surface area contributed by atoms with Gasteiger partial charge in [0.2, 0.25) is 0 Å². The minimum atomic E-state index is 1.24. The third-order valence-electron chi connectivity index (χ3n) is 7.46. The summed E-state index contributed by atoms with van der Waals surface area (Å²) in [5.41, 5.74) is 8.91. The Kier molecular flexibility index (Phi) is 3.11. The van der Waals surface area contributed by atoms with Crippen molar-refractivity contribution in [3.05, 3.63) is 103 Å². The van der Waals surface area contributed by atoms with E-state index in [1.165, 1.54) is 71.0 Å². The highest BCUT2D eigenvalue weighted by molar-refractivity contribution is 6.33. The molecule has 0 bridgehead atoms. The van der Waals surface area contributed by atoms with Crippen LogP contribution in [0.15, 0.2) is 103 Å². The standard InChI is InChI=1S/C31H20N2/c1-32-26-16-8-13-22-23-14-7-12-20(19-9-3-2-4-10-19)30(23)33-25-15-6-5-11-21(25)24-17-18-27(32)29(28(22)26)31(24)33/h2-18H,1H3. The first kappa shape index (κ1) is 17.3. The van der Waals surface area contributed by atoms with Crippen molar-refractivity contribution in [3.8, 4) is 11.1 Å². The van der Waals surface area contributed by atoms with Crippen LogP contribution >= 0.6 is 0 Å². The van der Waals surface area contributed by atoms with Gasteiger partial charge in [-0.25, -0.2) is 0 Å². The van der Waals surface area contributed by atoms with Crippen LogP contribution in [0.1, 0.15) is 0 Å². The fourth-order valence-electron chi connectivity index (χ4n) is 6.09. The third kappa shape index (κ3) is 2.00. The molecule has 154 valence electrons. The van der Waals surface area contributed by atoms with Crippen LogP contribution in [0.5, 0.6) is 0 Å². The molecule has 0 spiro atoms. The lowest BCUT2D eigenvalue weighted by Gasteiger charge is -2.10. The minimum Gasteiger partial charge on any atom is -0.344 e. The largest absolute Gasteiger partial charge is 0.344 e. The van der Waals surface area contributed by atoms with Crippen molar-refractivity contribution in [3.63, 3.8) is 0 Å². The molecule has 0 saturated heterocycles. The molecule has 5 aromatic carbocycles. The van der Waals surface area contributed by atoms with Gasteiger partial charge in [0.05, 0.1) is 22.1 Å². The number of fused-ring (bicyclic) bond motifs is 6. The maximum absolute atomic E-state index is 2.53. The maximum atomic E-state index is 2.53. The van der Waals surface area contributed by atoms with Crippen LogP contribution in [0.3, 0.4) is 0 Å². The minimum absolute atomic E-state index is 1.24. The smallest absolute Gasteiger partial charge is 0.0642 e. The van der Waals surface area contributed by atoms with E-state index in [0.29, 0.717) is 0 Å². The number of rotatable bonds is 1. The van der Waals surface area contributed by atoms with Gasteiger partial charge in [-0.15, -0.1) is 0 Å². The zero-order chi connectivity index (χ0) is 21.7. The summed E-state index contributed by atoms with van der Waals surface area (Å²) in [5.74, 6) is 0. The normalized spacial score (nSPS) is 12.4. The van der Waals surface area contributed by atoms with E-state index in [1.54, 1.807) is 0 Å². The van der Waals surface area contributed by atoms with Gasteiger partial charge in [0.15, 0.2) is 0 Å². The maximum Gasteiger partial charge on any atom is 0.0642 e. The summed E-state index contributed by atoms with van der Waals surface area (Å²) < 4.78 is 4.88. The van der Waals surface area contributed by atoms with E-state index in [2.05, 4.69) is 119 Å². The van der Waals surface area contributed by atoms with Crippen molar-refractivity contribution in [1.82, 2.24) is 8.97 Å². The van der Waals surface area contributed by atoms with Gasteiger partial charge >= 0.3 is 0 Å². The van der Waals surface area contributed by atoms with Gasteiger partial charge in [-0.05, 0) is 29.1 Å². The van der Waals surface area contributed by atoms with Crippen LogP contribution in [-0.2, 0) is 7.05 Å². The average molecular weight is 421 g/mol. The number of hydrogen-bond donors (Lipinski definition) is 0. The number of para-hydroxylation sites is 2. The van der Waals surface area contributed by atoms with Gasteiger partial charge in [0.1, 0.15) is 0 Å². The molecule has 33 heavy (non-hydrogen) atoms. The fourth-order valence-corrected chi connectivity index (χ4v) is 6.09. The zero-order valence-corrected chi connectivity index (χ0v) is 18.2. The number of aryl methyl sites for hydroxylation is 1. The van der Waals surface area contributed by atoms with Gasteiger partial charge in [0, 0.05) is 45.1 Å². The molecule has 0 N–H and O–H groups in total. The van der Waals surface area contributed by atoms with Gasteiger partial charge < -0.3 is 8.97 Å². The lowest BCUT2D eigenvalue weighted by atomic mass is 9.99. The molecule has 0 aliphatic rings. The van der Waals surface area contributed by atoms with Crippen LogP contribution in [0.4, 0.5) is 0 Å². The first-order chi connectivity index (χ1) is 16.3. The topological polar surface area (TPSA) is 9.34 Å². The summed E-state index contributed by atoms with van der Waals surface area (Å²) in [7, 11) is 2.19. The Bertz CT molecular complexity index is 2020. The van der Waals surface area contributed by atoms with E-state index in [1.807, 2.05) is 0 Å². The second-order valence-electron chi connectivity index (χ2n) is 9.03. The summed E-state index contributed by atoms with van der Waals surface area (Å²) in [6.45, 7) is 0. The van der Waals surface area contributed by atoms with Crippen LogP contribution in [0, 0.1) is 0 Å². The van der Waals surface area contributed by atoms with E-state index >= 15 is 0 Å². The van der Waals surface area contributed by atoms with Crippen molar-refractivity contribution in [1.29, 1.82) is 0 Å². The molecule has 2 heteroatoms. The SMILES string of the molecule is Cn1c2cccc3c4cccc(-c5ccccc5)c4n4c5ccccc5c5ccc1c(c32)c54. The predicted octanol–water partition coefficient (Wildman–Crippen LogP) is 8.15. The molecule has 3 aromatic heterocycles. The molecule has 2 nitrogen and oxygen atoms in total. The predicted molar refractivity (Wildman–Crippen MR) is 141 cm³/mol. The Morgan fingerprint density at radius 2 is 1.12 bits per heavy atom. The zero-order valence-electron chi connectivity index (χ0n) is 18.2. The highest BCUT2D eigenvalue weighted by atomic mass is 15.0. The van der Waals surface area contributed by atoms with E-state index in [-0.39, 0.29) is 0 Å². The molecule has 8 aromatic rings. The summed E-state index contributed by atoms with van der Waals surface area (Å²) in [6, 6.07) is 37.8. The van der Waals surface area contributed by atoms with Gasteiger partial charge in [-0.2, -0.15) is 0 Å². The van der Waals surface area contributed by atoms with Crippen LogP contribution in [0.25, 0.3) is 71.0 Å². The van der Waals surface area contributed by atoms with Crippen molar-refractivity contribution in [2.45, 2.75) is 0 Å². The van der Waals surface area contributed by atoms with E-state index < -0.39 is 0 Å². The van der Waals surface area contributed by atoms with Gasteiger partial charge in [0.25, 0.3) is 0 Å². The summed E-state index contributed by atoms with van der Waals surface area (Å²) >= 11 is 0. The molecule has 0 amide bonds. The number of hydrogen-bond acceptors (Lipinski definition) is 0. The van der Waals surface area contributed by atoms with Crippen molar-refractivity contribution < 1.29 is 0 Å². The molecular weight excluding hydrogens is 400 g/mol. The van der Waals surface area contributed by atoms with Crippen LogP contribution < -0.4 is 0 Å². The Balaban J connectivity index is 1.85. The Morgan fingerprint density at radius 1 is 0.455 bits per heavy atom. The van der Waals surface area contributed by atoms with E-state index in [9.17, 15) is 0 Å². The van der Waals surface area contributed by atoms with Crippen LogP contribution in [0.2, 0.25) is 0 Å². The molecule has 0 radical (unpaired) electrons. The summed E-state index contributed by atoms with van der Waals surface area (Å²) in [6.07, 6.45) is 0. The monoisotopic (exact) mass is 420 g/mol. The highest BCUT2D eigenvalue weighted by Crippen LogP contribution is 2.45. The summed E-state index contributed by atoms with van der Waals surface area (Å²) in [4.78, 5) is 0. The highest BCUT2D eigenvalue weighted by Gasteiger charge is 2.22. The quantitative estimate of drug-likeness (QED) is 0.253. The Labute approximate surface area is 190 Å². The van der Waals surface area contributed by atoms with Crippen LogP contribution in [-0.4, -0.2) is 8.97 Å². The molecule has 0 aliphatic heterocycles.